The molecule has 0 aromatic carbocycles. The minimum atomic E-state index is -0.842. The third-order valence-corrected chi connectivity index (χ3v) is 0.503. The molecule has 0 atom stereocenters. The molecule has 0 aromatic rings. The van der Waals surface area contributed by atoms with Gasteiger partial charge in [0.05, 0.1) is 6.61 Å². The molecule has 4 heteroatoms. The lowest BCUT2D eigenvalue weighted by Crippen LogP contribution is -2.08. The predicted molar refractivity (Wildman–Crippen MR) is 31.4 cm³/mol. The molecule has 9 heavy (non-hydrogen) atoms. The minimum absolute atomic E-state index is 0.540. The molecule has 0 aliphatic rings. The Morgan fingerprint density at radius 1 is 1.67 bits per heavy atom. The molecule has 0 saturated heterocycles. The molecule has 0 radical (unpaired) electrons. The van der Waals surface area contributed by atoms with E-state index in [2.05, 4.69) is 15.2 Å². The standard InChI is InChI=1S/C5H9NO3/c1-2-8-3-4-9-5(6)7/h3-4H,2H2,1H3,(H2,6,7). The SMILES string of the molecule is CCOC=COC(N)=O. The maximum atomic E-state index is 9.86. The Morgan fingerprint density at radius 2 is 2.33 bits per heavy atom. The summed E-state index contributed by atoms with van der Waals surface area (Å²) in [5.41, 5.74) is 4.61. The van der Waals surface area contributed by atoms with E-state index in [4.69, 9.17) is 0 Å². The first-order valence-corrected chi connectivity index (χ1v) is 2.50. The number of amides is 1. The molecule has 4 nitrogen and oxygen atoms in total. The summed E-state index contributed by atoms with van der Waals surface area (Å²) in [5, 5.41) is 0. The molecule has 0 rings (SSSR count). The maximum Gasteiger partial charge on any atom is 0.409 e. The molecule has 0 aliphatic heterocycles. The van der Waals surface area contributed by atoms with Crippen LogP contribution in [0, 0.1) is 0 Å². The summed E-state index contributed by atoms with van der Waals surface area (Å²) >= 11 is 0. The fourth-order valence-electron chi connectivity index (χ4n) is 0.230. The zero-order chi connectivity index (χ0) is 7.11. The van der Waals surface area contributed by atoms with Crippen LogP contribution in [0.5, 0.6) is 0 Å². The third kappa shape index (κ3) is 6.81. The van der Waals surface area contributed by atoms with Crippen molar-refractivity contribution in [3.8, 4) is 0 Å². The smallest absolute Gasteiger partial charge is 0.409 e. The van der Waals surface area contributed by atoms with Crippen molar-refractivity contribution in [3.05, 3.63) is 12.5 Å². The molecule has 0 bridgehead atoms. The average molecular weight is 131 g/mol. The van der Waals surface area contributed by atoms with E-state index in [0.29, 0.717) is 6.61 Å². The van der Waals surface area contributed by atoms with Gasteiger partial charge in [-0.25, -0.2) is 4.79 Å². The fourth-order valence-corrected chi connectivity index (χ4v) is 0.230. The van der Waals surface area contributed by atoms with Crippen LogP contribution in [-0.4, -0.2) is 12.7 Å². The van der Waals surface area contributed by atoms with Crippen LogP contribution in [0.2, 0.25) is 0 Å². The van der Waals surface area contributed by atoms with Gasteiger partial charge in [0, 0.05) is 0 Å². The molecule has 0 saturated carbocycles. The highest BCUT2D eigenvalue weighted by Crippen LogP contribution is 1.78. The highest BCUT2D eigenvalue weighted by atomic mass is 16.6. The average Bonchev–Trinajstić information content (AvgIpc) is 1.80. The monoisotopic (exact) mass is 131 g/mol. The quantitative estimate of drug-likeness (QED) is 0.570. The Labute approximate surface area is 53.2 Å². The fraction of sp³-hybridized carbons (Fsp3) is 0.400. The Hall–Kier alpha value is -1.19. The number of rotatable bonds is 3. The lowest BCUT2D eigenvalue weighted by Gasteiger charge is -1.91. The van der Waals surface area contributed by atoms with E-state index in [1.807, 2.05) is 6.92 Å². The molecule has 2 N–H and O–H groups in total. The molecule has 0 fully saturated rings. The first-order chi connectivity index (χ1) is 4.27. The normalized spacial score (nSPS) is 9.44. The van der Waals surface area contributed by atoms with Gasteiger partial charge in [-0.05, 0) is 6.92 Å². The maximum absolute atomic E-state index is 9.86. The van der Waals surface area contributed by atoms with Gasteiger partial charge in [0.1, 0.15) is 12.5 Å². The summed E-state index contributed by atoms with van der Waals surface area (Å²) in [6.07, 6.45) is 1.50. The Bertz CT molecular complexity index is 111. The number of nitrogens with two attached hydrogens (primary N) is 1. The number of primary amides is 1. The van der Waals surface area contributed by atoms with Gasteiger partial charge in [0.25, 0.3) is 0 Å². The van der Waals surface area contributed by atoms with Gasteiger partial charge in [0.2, 0.25) is 0 Å². The molecule has 0 aliphatic carbocycles. The van der Waals surface area contributed by atoms with Crippen LogP contribution in [0.25, 0.3) is 0 Å². The summed E-state index contributed by atoms with van der Waals surface area (Å²) in [6, 6.07) is 0. The highest BCUT2D eigenvalue weighted by Gasteiger charge is 1.83. The van der Waals surface area contributed by atoms with Crippen LogP contribution in [-0.2, 0) is 9.47 Å². The van der Waals surface area contributed by atoms with Gasteiger partial charge in [-0.3, -0.25) is 0 Å². The predicted octanol–water partition coefficient (Wildman–Crippen LogP) is 0.589. The van der Waals surface area contributed by atoms with Crippen molar-refractivity contribution < 1.29 is 14.3 Å². The van der Waals surface area contributed by atoms with Crippen molar-refractivity contribution in [3.63, 3.8) is 0 Å². The van der Waals surface area contributed by atoms with E-state index >= 15 is 0 Å². The van der Waals surface area contributed by atoms with Crippen LogP contribution >= 0.6 is 0 Å². The van der Waals surface area contributed by atoms with E-state index in [9.17, 15) is 4.79 Å². The Balaban J connectivity index is 3.14. The summed E-state index contributed by atoms with van der Waals surface area (Å²) in [6.45, 7) is 2.35. The highest BCUT2D eigenvalue weighted by molar-refractivity contribution is 5.65. The van der Waals surface area contributed by atoms with Crippen LogP contribution < -0.4 is 5.73 Å². The van der Waals surface area contributed by atoms with Crippen LogP contribution in [0.4, 0.5) is 4.79 Å². The molecule has 0 heterocycles. The number of carbonyl (C=O) groups excluding carboxylic acids is 1. The first kappa shape index (κ1) is 7.81. The summed E-state index contributed by atoms with van der Waals surface area (Å²) < 4.78 is 8.85. The summed E-state index contributed by atoms with van der Waals surface area (Å²) in [5.74, 6) is 0. The molecule has 52 valence electrons. The third-order valence-electron chi connectivity index (χ3n) is 0.503. The Kier molecular flexibility index (Phi) is 4.30. The van der Waals surface area contributed by atoms with Gasteiger partial charge in [0.15, 0.2) is 0 Å². The van der Waals surface area contributed by atoms with Gasteiger partial charge in [-0.1, -0.05) is 0 Å². The lowest BCUT2D eigenvalue weighted by atomic mass is 10.9. The van der Waals surface area contributed by atoms with E-state index in [1.165, 1.54) is 6.26 Å². The zero-order valence-corrected chi connectivity index (χ0v) is 5.16. The van der Waals surface area contributed by atoms with E-state index in [1.54, 1.807) is 0 Å². The molecule has 0 unspecified atom stereocenters. The van der Waals surface area contributed by atoms with Gasteiger partial charge in [-0.15, -0.1) is 0 Å². The van der Waals surface area contributed by atoms with Crippen molar-refractivity contribution >= 4 is 6.09 Å². The van der Waals surface area contributed by atoms with E-state index in [-0.39, 0.29) is 0 Å². The van der Waals surface area contributed by atoms with E-state index < -0.39 is 6.09 Å². The van der Waals surface area contributed by atoms with Crippen LogP contribution in [0.15, 0.2) is 12.5 Å². The topological polar surface area (TPSA) is 61.6 Å². The number of hydrogen-bond acceptors (Lipinski definition) is 3. The molecule has 0 aromatic heterocycles. The summed E-state index contributed by atoms with van der Waals surface area (Å²) in [7, 11) is 0. The number of hydrogen-bond donors (Lipinski definition) is 1. The Morgan fingerprint density at radius 3 is 2.78 bits per heavy atom. The zero-order valence-electron chi connectivity index (χ0n) is 5.16. The second kappa shape index (κ2) is 4.96. The van der Waals surface area contributed by atoms with Crippen LogP contribution in [0.1, 0.15) is 6.92 Å². The molecule has 0 spiro atoms. The van der Waals surface area contributed by atoms with Crippen molar-refractivity contribution in [1.29, 1.82) is 0 Å². The number of ether oxygens (including phenoxy) is 2. The van der Waals surface area contributed by atoms with Gasteiger partial charge < -0.3 is 15.2 Å². The van der Waals surface area contributed by atoms with Crippen molar-refractivity contribution in [1.82, 2.24) is 0 Å². The van der Waals surface area contributed by atoms with Crippen molar-refractivity contribution in [2.45, 2.75) is 6.92 Å². The summed E-state index contributed by atoms with van der Waals surface area (Å²) in [4.78, 5) is 9.86. The van der Waals surface area contributed by atoms with E-state index in [0.717, 1.165) is 6.26 Å². The molecular formula is C5H9NO3. The molecule has 1 amide bonds. The lowest BCUT2D eigenvalue weighted by molar-refractivity contribution is 0.189. The van der Waals surface area contributed by atoms with Crippen LogP contribution in [0.3, 0.4) is 0 Å². The minimum Gasteiger partial charge on any atom is -0.498 e. The van der Waals surface area contributed by atoms with Gasteiger partial charge >= 0.3 is 6.09 Å². The molecular weight excluding hydrogens is 122 g/mol. The van der Waals surface area contributed by atoms with Crippen molar-refractivity contribution in [2.75, 3.05) is 6.61 Å². The largest absolute Gasteiger partial charge is 0.498 e. The van der Waals surface area contributed by atoms with Gasteiger partial charge in [-0.2, -0.15) is 0 Å². The second-order valence-electron chi connectivity index (χ2n) is 1.16. The number of carbonyl (C=O) groups is 1. The second-order valence-corrected chi connectivity index (χ2v) is 1.16. The first-order valence-electron chi connectivity index (χ1n) is 2.50. The van der Waals surface area contributed by atoms with Crippen molar-refractivity contribution in [2.24, 2.45) is 5.73 Å².